The molecule has 1 atom stereocenters. The average Bonchev–Trinajstić information content (AvgIpc) is 3.57. The van der Waals surface area contributed by atoms with Gasteiger partial charge in [0, 0.05) is 61.9 Å². The fraction of sp³-hybridized carbons (Fsp3) is 0.333. The molecule has 0 unspecified atom stereocenters. The Morgan fingerprint density at radius 2 is 2.09 bits per heavy atom. The fourth-order valence-electron chi connectivity index (χ4n) is 4.23. The van der Waals surface area contributed by atoms with Crippen molar-refractivity contribution in [2.45, 2.75) is 39.2 Å². The summed E-state index contributed by atoms with van der Waals surface area (Å²) in [7, 11) is 0. The average molecular weight is 457 g/mol. The molecule has 4 aromatic rings. The first-order valence-electron chi connectivity index (χ1n) is 11.2. The third-order valence-corrected chi connectivity index (χ3v) is 5.93. The van der Waals surface area contributed by atoms with E-state index in [9.17, 15) is 4.79 Å². The molecule has 1 N–H and O–H groups in total. The maximum Gasteiger partial charge on any atom is 0.219 e. The van der Waals surface area contributed by atoms with E-state index in [0.717, 1.165) is 35.3 Å². The maximum atomic E-state index is 11.7. The third-order valence-electron chi connectivity index (χ3n) is 5.93. The monoisotopic (exact) mass is 456 g/mol. The van der Waals surface area contributed by atoms with E-state index in [4.69, 9.17) is 9.78 Å². The molecule has 10 nitrogen and oxygen atoms in total. The maximum absolute atomic E-state index is 11.7. The zero-order valence-corrected chi connectivity index (χ0v) is 19.2. The molecule has 0 spiro atoms. The summed E-state index contributed by atoms with van der Waals surface area (Å²) in [6.45, 7) is 7.09. The molecule has 172 valence electrons. The number of amides is 1. The lowest BCUT2D eigenvalue weighted by atomic mass is 10.0. The van der Waals surface area contributed by atoms with Gasteiger partial charge in [0.05, 0.1) is 28.7 Å². The van der Waals surface area contributed by atoms with Gasteiger partial charge in [-0.25, -0.2) is 9.97 Å². The van der Waals surface area contributed by atoms with Crippen molar-refractivity contribution in [3.63, 3.8) is 0 Å². The standard InChI is InChI=1S/C24H24N8O2/c1-14(2)29-21-8-23(32-24-18(11-28-32)6-16(9-25)10-27-24)26-12-19(21)22-7-20(30-34-22)17-4-5-31(13-17)15(3)33/h6-8,10-12,14,17H,4-5,13H2,1-3H3,(H,26,29)/t17-/m1/s1. The van der Waals surface area contributed by atoms with Crippen LogP contribution in [-0.4, -0.2) is 54.8 Å². The summed E-state index contributed by atoms with van der Waals surface area (Å²) in [5.41, 5.74) is 3.56. The molecule has 0 radical (unpaired) electrons. The predicted octanol–water partition coefficient (Wildman–Crippen LogP) is 3.50. The quantitative estimate of drug-likeness (QED) is 0.484. The molecule has 1 amide bonds. The second kappa shape index (κ2) is 8.59. The molecule has 0 aromatic carbocycles. The molecule has 0 saturated carbocycles. The fourth-order valence-corrected chi connectivity index (χ4v) is 4.23. The summed E-state index contributed by atoms with van der Waals surface area (Å²) < 4.78 is 7.35. The normalized spacial score (nSPS) is 15.7. The van der Waals surface area contributed by atoms with Gasteiger partial charge in [0.1, 0.15) is 6.07 Å². The minimum atomic E-state index is 0.0823. The Labute approximate surface area is 196 Å². The summed E-state index contributed by atoms with van der Waals surface area (Å²) >= 11 is 0. The largest absolute Gasteiger partial charge is 0.382 e. The van der Waals surface area contributed by atoms with Crippen LogP contribution in [0.3, 0.4) is 0 Å². The number of nitrogens with zero attached hydrogens (tertiary/aromatic N) is 7. The van der Waals surface area contributed by atoms with Gasteiger partial charge in [-0.1, -0.05) is 5.16 Å². The van der Waals surface area contributed by atoms with Gasteiger partial charge in [0.25, 0.3) is 0 Å². The van der Waals surface area contributed by atoms with Gasteiger partial charge < -0.3 is 14.7 Å². The number of hydrogen-bond acceptors (Lipinski definition) is 8. The van der Waals surface area contributed by atoms with E-state index in [-0.39, 0.29) is 17.9 Å². The number of fused-ring (bicyclic) bond motifs is 1. The summed E-state index contributed by atoms with van der Waals surface area (Å²) in [6, 6.07) is 7.85. The smallest absolute Gasteiger partial charge is 0.219 e. The Bertz CT molecular complexity index is 1410. The molecule has 1 aliphatic heterocycles. The second-order valence-electron chi connectivity index (χ2n) is 8.76. The van der Waals surface area contributed by atoms with Crippen LogP contribution in [0.1, 0.15) is 44.4 Å². The highest BCUT2D eigenvalue weighted by atomic mass is 16.5. The topological polar surface area (TPSA) is 126 Å². The summed E-state index contributed by atoms with van der Waals surface area (Å²) in [5.74, 6) is 1.45. The zero-order chi connectivity index (χ0) is 23.8. The van der Waals surface area contributed by atoms with Crippen LogP contribution in [0.2, 0.25) is 0 Å². The van der Waals surface area contributed by atoms with Crippen molar-refractivity contribution in [3.8, 4) is 23.2 Å². The number of carbonyl (C=O) groups excluding carboxylic acids is 1. The van der Waals surface area contributed by atoms with Crippen LogP contribution in [0, 0.1) is 11.3 Å². The van der Waals surface area contributed by atoms with Crippen LogP contribution < -0.4 is 5.32 Å². The van der Waals surface area contributed by atoms with Gasteiger partial charge >= 0.3 is 0 Å². The molecule has 0 bridgehead atoms. The molecule has 5 rings (SSSR count). The minimum Gasteiger partial charge on any atom is -0.382 e. The van der Waals surface area contributed by atoms with E-state index in [0.29, 0.717) is 29.3 Å². The van der Waals surface area contributed by atoms with Gasteiger partial charge in [-0.15, -0.1) is 0 Å². The van der Waals surface area contributed by atoms with Crippen LogP contribution in [-0.2, 0) is 4.79 Å². The van der Waals surface area contributed by atoms with E-state index in [2.05, 4.69) is 45.5 Å². The molecule has 10 heteroatoms. The van der Waals surface area contributed by atoms with Crippen molar-refractivity contribution >= 4 is 22.6 Å². The lowest BCUT2D eigenvalue weighted by molar-refractivity contribution is -0.127. The van der Waals surface area contributed by atoms with E-state index >= 15 is 0 Å². The molecule has 5 heterocycles. The van der Waals surface area contributed by atoms with Crippen molar-refractivity contribution in [1.29, 1.82) is 5.26 Å². The van der Waals surface area contributed by atoms with E-state index in [1.807, 2.05) is 17.0 Å². The Morgan fingerprint density at radius 3 is 2.82 bits per heavy atom. The number of carbonyl (C=O) groups is 1. The number of hydrogen-bond donors (Lipinski definition) is 1. The van der Waals surface area contributed by atoms with E-state index < -0.39 is 0 Å². The molecule has 1 saturated heterocycles. The zero-order valence-electron chi connectivity index (χ0n) is 19.2. The molecule has 1 fully saturated rings. The van der Waals surface area contributed by atoms with E-state index in [1.165, 1.54) is 6.20 Å². The number of rotatable bonds is 5. The highest BCUT2D eigenvalue weighted by molar-refractivity contribution is 5.79. The predicted molar refractivity (Wildman–Crippen MR) is 125 cm³/mol. The number of likely N-dealkylation sites (tertiary alicyclic amines) is 1. The number of anilines is 1. The summed E-state index contributed by atoms with van der Waals surface area (Å²) in [6.07, 6.45) is 5.79. The number of pyridine rings is 2. The minimum absolute atomic E-state index is 0.0823. The third kappa shape index (κ3) is 3.96. The van der Waals surface area contributed by atoms with Crippen molar-refractivity contribution in [2.24, 2.45) is 0 Å². The Kier molecular flexibility index (Phi) is 5.45. The first-order chi connectivity index (χ1) is 16.4. The molecule has 1 aliphatic rings. The lowest BCUT2D eigenvalue weighted by Crippen LogP contribution is -2.25. The Balaban J connectivity index is 1.49. The van der Waals surface area contributed by atoms with Gasteiger partial charge in [0.15, 0.2) is 17.2 Å². The Hall–Kier alpha value is -4.26. The van der Waals surface area contributed by atoms with Gasteiger partial charge in [-0.05, 0) is 26.3 Å². The molecule has 0 aliphatic carbocycles. The van der Waals surface area contributed by atoms with Crippen molar-refractivity contribution in [3.05, 3.63) is 48.0 Å². The van der Waals surface area contributed by atoms with Crippen molar-refractivity contribution in [2.75, 3.05) is 18.4 Å². The second-order valence-corrected chi connectivity index (χ2v) is 8.76. The highest BCUT2D eigenvalue weighted by Crippen LogP contribution is 2.34. The molecular formula is C24H24N8O2. The van der Waals surface area contributed by atoms with Crippen LogP contribution >= 0.6 is 0 Å². The van der Waals surface area contributed by atoms with Crippen molar-refractivity contribution in [1.82, 2.24) is 29.8 Å². The summed E-state index contributed by atoms with van der Waals surface area (Å²) in [4.78, 5) is 22.5. The van der Waals surface area contributed by atoms with Gasteiger partial charge in [-0.3, -0.25) is 4.79 Å². The number of aromatic nitrogens is 5. The summed E-state index contributed by atoms with van der Waals surface area (Å²) in [5, 5.41) is 22.1. The molecule has 34 heavy (non-hydrogen) atoms. The van der Waals surface area contributed by atoms with Crippen LogP contribution in [0.15, 0.2) is 41.3 Å². The van der Waals surface area contributed by atoms with Crippen LogP contribution in [0.25, 0.3) is 28.2 Å². The molecular weight excluding hydrogens is 432 g/mol. The van der Waals surface area contributed by atoms with Crippen molar-refractivity contribution < 1.29 is 9.32 Å². The number of nitriles is 1. The van der Waals surface area contributed by atoms with Gasteiger partial charge in [-0.2, -0.15) is 15.0 Å². The Morgan fingerprint density at radius 1 is 1.24 bits per heavy atom. The van der Waals surface area contributed by atoms with Gasteiger partial charge in [0.2, 0.25) is 5.91 Å². The SMILES string of the molecule is CC(=O)N1CC[C@@H](c2cc(-c3cnc(-n4ncc5cc(C#N)cnc54)cc3NC(C)C)on2)C1. The van der Waals surface area contributed by atoms with E-state index in [1.54, 1.807) is 30.1 Å². The molecule has 4 aromatic heterocycles. The number of nitrogens with one attached hydrogen (secondary N) is 1. The highest BCUT2D eigenvalue weighted by Gasteiger charge is 2.28. The first-order valence-corrected chi connectivity index (χ1v) is 11.2. The lowest BCUT2D eigenvalue weighted by Gasteiger charge is -2.14. The first kappa shape index (κ1) is 21.6. The van der Waals surface area contributed by atoms with Crippen LogP contribution in [0.4, 0.5) is 5.69 Å². The van der Waals surface area contributed by atoms with Crippen LogP contribution in [0.5, 0.6) is 0 Å².